The van der Waals surface area contributed by atoms with Crippen molar-refractivity contribution in [2.45, 2.75) is 46.1 Å². The number of nitrogens with zero attached hydrogens (tertiary/aromatic N) is 4. The summed E-state index contributed by atoms with van der Waals surface area (Å²) in [5.74, 6) is 1.84. The second kappa shape index (κ2) is 23.2. The van der Waals surface area contributed by atoms with Crippen LogP contribution in [-0.4, -0.2) is 30.3 Å². The fourth-order valence-electron chi connectivity index (χ4n) is 12.7. The first-order valence-electron chi connectivity index (χ1n) is 30.9. The van der Waals surface area contributed by atoms with Gasteiger partial charge in [-0.15, -0.1) is 29.7 Å². The van der Waals surface area contributed by atoms with E-state index < -0.39 is 23.0 Å². The van der Waals surface area contributed by atoms with Crippen LogP contribution < -0.4 is 40.4 Å². The molecule has 8 heteroatoms. The van der Waals surface area contributed by atoms with Crippen LogP contribution in [0.3, 0.4) is 0 Å². The van der Waals surface area contributed by atoms with Gasteiger partial charge in [0.05, 0.1) is 16.7 Å². The number of ether oxygens (including phenoxy) is 1. The number of rotatable bonds is 13. The van der Waals surface area contributed by atoms with Gasteiger partial charge in [0.25, 0.3) is 6.33 Å². The Kier molecular flexibility index (Phi) is 14.2. The molecule has 0 radical (unpaired) electrons. The Morgan fingerprint density at radius 1 is 0.494 bits per heavy atom. The van der Waals surface area contributed by atoms with Crippen molar-refractivity contribution >= 4 is 80.1 Å². The van der Waals surface area contributed by atoms with Crippen molar-refractivity contribution in [1.29, 1.82) is 0 Å². The van der Waals surface area contributed by atoms with E-state index in [1.54, 1.807) is 0 Å². The molecule has 0 amide bonds. The number of para-hydroxylation sites is 3. The Bertz CT molecular complexity index is 4850. The summed E-state index contributed by atoms with van der Waals surface area (Å²) >= 11 is 0. The van der Waals surface area contributed by atoms with Crippen molar-refractivity contribution in [1.82, 2.24) is 14.1 Å². The Morgan fingerprint density at radius 3 is 1.67 bits per heavy atom. The molecule has 14 rings (SSSR count). The van der Waals surface area contributed by atoms with Crippen LogP contribution in [0.15, 0.2) is 279 Å². The quantitative estimate of drug-likeness (QED) is 0.0499. The Balaban J connectivity index is 0.00000743. The van der Waals surface area contributed by atoms with Gasteiger partial charge in [-0.1, -0.05) is 280 Å². The van der Waals surface area contributed by atoms with E-state index in [9.17, 15) is 4.11 Å². The maximum Gasteiger partial charge on any atom is 0.268 e. The number of aromatic nitrogens is 4. The van der Waals surface area contributed by atoms with E-state index in [1.807, 2.05) is 59.3 Å². The first kappa shape index (κ1) is 53.3. The maximum atomic E-state index is 9.20. The molecule has 3 aromatic heterocycles. The molecule has 3 heterocycles. The molecule has 0 atom stereocenters. The van der Waals surface area contributed by atoms with Crippen LogP contribution in [0.1, 0.15) is 36.0 Å². The summed E-state index contributed by atoms with van der Waals surface area (Å²) in [5, 5.41) is 9.56. The molecule has 0 fully saturated rings. The molecule has 0 spiro atoms. The zero-order valence-corrected chi connectivity index (χ0v) is 53.3. The number of hydrogen-bond donors (Lipinski definition) is 0. The molecule has 11 aromatic carbocycles. The van der Waals surface area contributed by atoms with Gasteiger partial charge in [0.1, 0.15) is 13.9 Å². The van der Waals surface area contributed by atoms with Gasteiger partial charge in [0.15, 0.2) is 8.07 Å². The number of benzene rings is 11. The molecule has 14 aromatic rings. The minimum absolute atomic E-state index is 0. The van der Waals surface area contributed by atoms with E-state index in [2.05, 4.69) is 286 Å². The Hall–Kier alpha value is -9.24. The largest absolute Gasteiger partial charge is 0.510 e. The summed E-state index contributed by atoms with van der Waals surface area (Å²) in [5.41, 5.74) is 9.77. The van der Waals surface area contributed by atoms with Gasteiger partial charge < -0.3 is 13.9 Å². The van der Waals surface area contributed by atoms with Crippen LogP contribution in [-0.2, 0) is 26.5 Å². The third kappa shape index (κ3) is 10.3. The average molecular weight is 1340 g/mol. The molecule has 0 aliphatic carbocycles. The third-order valence-electron chi connectivity index (χ3n) is 17.1. The first-order valence-corrected chi connectivity index (χ1v) is 34.4. The number of imidazole rings is 1. The number of fused-ring (bicyclic) bond motifs is 4. The van der Waals surface area contributed by atoms with Gasteiger partial charge in [-0.2, -0.15) is 18.2 Å². The van der Waals surface area contributed by atoms with Crippen LogP contribution in [0.5, 0.6) is 11.5 Å². The minimum Gasteiger partial charge on any atom is -0.510 e. The van der Waals surface area contributed by atoms with Crippen LogP contribution in [0.2, 0.25) is 13.1 Å². The van der Waals surface area contributed by atoms with E-state index in [4.69, 9.17) is 9.72 Å². The number of hydrogen-bond acceptors (Lipinski definition) is 2. The van der Waals surface area contributed by atoms with Gasteiger partial charge in [-0.25, -0.2) is 4.98 Å². The zero-order valence-electron chi connectivity index (χ0n) is 52.1. The van der Waals surface area contributed by atoms with Crippen molar-refractivity contribution in [3.05, 3.63) is 309 Å². The van der Waals surface area contributed by atoms with Crippen LogP contribution in [0.25, 0.3) is 72.3 Å². The minimum atomic E-state index is -3.06. The maximum absolute atomic E-state index is 9.20. The second-order valence-electron chi connectivity index (χ2n) is 23.8. The molecule has 0 saturated heterocycles. The molecule has 0 unspecified atom stereocenters. The van der Waals surface area contributed by atoms with Crippen molar-refractivity contribution in [3.8, 4) is 50.9 Å². The molecule has 0 aliphatic heterocycles. The van der Waals surface area contributed by atoms with Gasteiger partial charge in [-0.05, 0) is 90.1 Å². The average Bonchev–Trinajstić information content (AvgIpc) is 1.11. The molecule has 0 saturated carbocycles. The van der Waals surface area contributed by atoms with Crippen LogP contribution in [0, 0.1) is 25.3 Å². The second-order valence-corrected chi connectivity index (χ2v) is 32.0. The fraction of sp³-hybridized carbons (Fsp3) is 0.0886. The molecular formula is C79H64N4OPtSi2-2. The van der Waals surface area contributed by atoms with Crippen LogP contribution in [0.4, 0.5) is 0 Å². The zero-order chi connectivity index (χ0) is 61.1. The Morgan fingerprint density at radius 2 is 1.03 bits per heavy atom. The van der Waals surface area contributed by atoms with Crippen LogP contribution >= 0.6 is 0 Å². The first-order chi connectivity index (χ1) is 43.1. The van der Waals surface area contributed by atoms with Crippen molar-refractivity contribution in [2.24, 2.45) is 0 Å². The summed E-state index contributed by atoms with van der Waals surface area (Å²) in [7, 11) is -5.35. The predicted molar refractivity (Wildman–Crippen MR) is 361 cm³/mol. The van der Waals surface area contributed by atoms with E-state index in [0.29, 0.717) is 17.2 Å². The van der Waals surface area contributed by atoms with Gasteiger partial charge in [-0.3, -0.25) is 4.57 Å². The topological polar surface area (TPSA) is 35.9 Å². The molecule has 426 valence electrons. The van der Waals surface area contributed by atoms with Crippen molar-refractivity contribution in [3.63, 3.8) is 0 Å². The molecule has 0 bridgehead atoms. The summed E-state index contributed by atoms with van der Waals surface area (Å²) in [4.78, 5) is 4.90. The normalized spacial score (nSPS) is 12.6. The van der Waals surface area contributed by atoms with Gasteiger partial charge >= 0.3 is 0 Å². The third-order valence-corrected chi connectivity index (χ3v) is 25.4. The van der Waals surface area contributed by atoms with E-state index in [0.717, 1.165) is 71.8 Å². The Labute approximate surface area is 531 Å². The molecule has 0 aliphatic rings. The van der Waals surface area contributed by atoms with Crippen molar-refractivity contribution < 1.29 is 34.5 Å². The summed E-state index contributed by atoms with van der Waals surface area (Å²) in [6, 6.07) is 103. The SMILES string of the molecule is [2H]C([2H])([2H])c1cc(-c2cccc([Si](C)(C)c3ccccc3)c2)c(-[n+]2[c-]n(-c3[c-]c(Oc4[c-]c5c(cc4)c4ccccc4n5-c4cc(C(C)(C)C)ccn4)ccc3)c3ccccc32)c(-c2cccc([Si](c3ccccc3)(c3ccccc3)c3ccccc3)c2)c1.[Pt]. The number of pyridine rings is 1. The van der Waals surface area contributed by atoms with E-state index >= 15 is 0 Å². The summed E-state index contributed by atoms with van der Waals surface area (Å²) in [6.07, 6.45) is 5.76. The molecule has 87 heavy (non-hydrogen) atoms. The van der Waals surface area contributed by atoms with Gasteiger partial charge in [0.2, 0.25) is 0 Å². The fourth-order valence-corrected chi connectivity index (χ4v) is 19.9. The van der Waals surface area contributed by atoms with E-state index in [-0.39, 0.29) is 32.0 Å². The molecular weight excluding hydrogens is 1270 g/mol. The number of aryl methyl sites for hydroxylation is 1. The van der Waals surface area contributed by atoms with Gasteiger partial charge in [0, 0.05) is 48.4 Å². The van der Waals surface area contributed by atoms with Crippen molar-refractivity contribution in [2.75, 3.05) is 0 Å². The smallest absolute Gasteiger partial charge is 0.268 e. The summed E-state index contributed by atoms with van der Waals surface area (Å²) in [6.45, 7) is 8.95. The molecule has 5 nitrogen and oxygen atoms in total. The standard InChI is InChI=1S/C79H64N4OSi2.Pt/c1-56-48-71(57-26-23-38-67(50-57)85(5,6)63-30-11-7-12-31-63)78(72(49-56)58-27-24-39-68(51-58)86(64-32-13-8-14-33-64,65-34-15-9-16-35-65)66-36-17-10-18-37-66)82-55-81(74-42-21-22-43-75(74)82)60-28-25-29-61(53-60)84-62-44-45-70-69-40-19-20-41-73(69)83(76(70)54-62)77-52-59(46-47-80-77)79(2,3)4;/h7-52H,1-6H3;/q-2;/i1D3;. The monoisotopic (exact) mass is 1340 g/mol. The molecule has 0 N–H and O–H groups in total. The summed E-state index contributed by atoms with van der Waals surface area (Å²) < 4.78 is 40.7. The van der Waals surface area contributed by atoms with E-state index in [1.165, 1.54) is 31.5 Å². The predicted octanol–water partition coefficient (Wildman–Crippen LogP) is 14.7.